The fraction of sp³-hybridized carbons (Fsp3) is 0.647. The quantitative estimate of drug-likeness (QED) is 0.728. The first-order valence-corrected chi connectivity index (χ1v) is 9.26. The number of aromatic nitrogens is 5. The minimum Gasteiger partial charge on any atom is -0.378 e. The van der Waals surface area contributed by atoms with Crippen molar-refractivity contribution < 1.29 is 4.74 Å². The van der Waals surface area contributed by atoms with Crippen LogP contribution in [0.3, 0.4) is 0 Å². The summed E-state index contributed by atoms with van der Waals surface area (Å²) in [5.74, 6) is 1.84. The van der Waals surface area contributed by atoms with E-state index in [1.165, 1.54) is 0 Å². The maximum absolute atomic E-state index is 5.41. The van der Waals surface area contributed by atoms with Crippen molar-refractivity contribution in [3.63, 3.8) is 0 Å². The van der Waals surface area contributed by atoms with Crippen molar-refractivity contribution in [2.75, 3.05) is 68.8 Å². The lowest BCUT2D eigenvalue weighted by atomic mass is 10.2. The molecule has 2 aromatic heterocycles. The van der Waals surface area contributed by atoms with Crippen LogP contribution in [0, 0.1) is 0 Å². The number of nitrogens with zero attached hydrogens (tertiary/aromatic N) is 8. The third kappa shape index (κ3) is 4.10. The van der Waals surface area contributed by atoms with Gasteiger partial charge in [0.15, 0.2) is 0 Å². The fourth-order valence-electron chi connectivity index (χ4n) is 3.41. The molecule has 2 saturated heterocycles. The van der Waals surface area contributed by atoms with Crippen molar-refractivity contribution in [1.29, 1.82) is 0 Å². The van der Waals surface area contributed by atoms with E-state index in [0.29, 0.717) is 0 Å². The topological polar surface area (TPSA) is 75.4 Å². The van der Waals surface area contributed by atoms with E-state index in [2.05, 4.69) is 30.0 Å². The molecule has 0 aromatic carbocycles. The van der Waals surface area contributed by atoms with Gasteiger partial charge in [-0.25, -0.2) is 4.98 Å². The standard InChI is InChI=1S/C17H26N8O/c1-22-14-15(20-21-22)3-5-23-6-8-24(9-7-23)16-2-4-18-17(19-16)25-10-12-26-13-11-25/h2,4,14H,3,5-13H2,1H3. The molecule has 0 unspecified atom stereocenters. The summed E-state index contributed by atoms with van der Waals surface area (Å²) in [7, 11) is 1.90. The number of aryl methyl sites for hydroxylation is 1. The van der Waals surface area contributed by atoms with E-state index in [-0.39, 0.29) is 0 Å². The van der Waals surface area contributed by atoms with Crippen LogP contribution < -0.4 is 9.80 Å². The van der Waals surface area contributed by atoms with Gasteiger partial charge in [0, 0.05) is 71.7 Å². The Morgan fingerprint density at radius 1 is 1.04 bits per heavy atom. The SMILES string of the molecule is Cn1cc(CCN2CCN(c3ccnc(N4CCOCC4)n3)CC2)nn1. The van der Waals surface area contributed by atoms with Gasteiger partial charge in [-0.1, -0.05) is 5.21 Å². The van der Waals surface area contributed by atoms with Gasteiger partial charge in [0.2, 0.25) is 5.95 Å². The van der Waals surface area contributed by atoms with Crippen LogP contribution in [0.15, 0.2) is 18.5 Å². The molecule has 0 radical (unpaired) electrons. The van der Waals surface area contributed by atoms with E-state index in [1.807, 2.05) is 25.5 Å². The maximum Gasteiger partial charge on any atom is 0.227 e. The van der Waals surface area contributed by atoms with Gasteiger partial charge in [0.1, 0.15) is 5.82 Å². The summed E-state index contributed by atoms with van der Waals surface area (Å²) in [5, 5.41) is 8.15. The van der Waals surface area contributed by atoms with Crippen LogP contribution in [-0.2, 0) is 18.2 Å². The average Bonchev–Trinajstić information content (AvgIpc) is 3.13. The van der Waals surface area contributed by atoms with Crippen molar-refractivity contribution in [3.8, 4) is 0 Å². The lowest BCUT2D eigenvalue weighted by molar-refractivity contribution is 0.122. The predicted molar refractivity (Wildman–Crippen MR) is 98.4 cm³/mol. The van der Waals surface area contributed by atoms with E-state index in [0.717, 1.165) is 82.9 Å². The maximum atomic E-state index is 5.41. The van der Waals surface area contributed by atoms with E-state index in [1.54, 1.807) is 4.68 Å². The zero-order valence-corrected chi connectivity index (χ0v) is 15.3. The van der Waals surface area contributed by atoms with Gasteiger partial charge in [0.05, 0.1) is 18.9 Å². The van der Waals surface area contributed by atoms with Gasteiger partial charge in [0.25, 0.3) is 0 Å². The van der Waals surface area contributed by atoms with E-state index in [4.69, 9.17) is 9.72 Å². The molecule has 2 aliphatic heterocycles. The Morgan fingerprint density at radius 2 is 1.85 bits per heavy atom. The molecule has 2 aliphatic rings. The highest BCUT2D eigenvalue weighted by Gasteiger charge is 2.20. The summed E-state index contributed by atoms with van der Waals surface area (Å²) < 4.78 is 7.17. The molecule has 0 amide bonds. The van der Waals surface area contributed by atoms with Crippen molar-refractivity contribution in [2.24, 2.45) is 7.05 Å². The Balaban J connectivity index is 1.30. The summed E-state index contributed by atoms with van der Waals surface area (Å²) in [6.07, 6.45) is 4.81. The van der Waals surface area contributed by atoms with Crippen molar-refractivity contribution in [1.82, 2.24) is 29.9 Å². The third-order valence-corrected chi connectivity index (χ3v) is 4.95. The Hall–Kier alpha value is -2.26. The van der Waals surface area contributed by atoms with Crippen LogP contribution in [0.25, 0.3) is 0 Å². The lowest BCUT2D eigenvalue weighted by Gasteiger charge is -2.35. The smallest absolute Gasteiger partial charge is 0.227 e. The summed E-state index contributed by atoms with van der Waals surface area (Å²) in [6, 6.07) is 2.01. The molecule has 0 atom stereocenters. The average molecular weight is 358 g/mol. The molecule has 2 aromatic rings. The summed E-state index contributed by atoms with van der Waals surface area (Å²) in [6.45, 7) is 8.29. The highest BCUT2D eigenvalue weighted by molar-refractivity contribution is 5.44. The molecule has 2 fully saturated rings. The molecule has 0 bridgehead atoms. The molecule has 9 heteroatoms. The number of anilines is 2. The Labute approximate surface area is 153 Å². The second kappa shape index (κ2) is 7.96. The number of hydrogen-bond acceptors (Lipinski definition) is 8. The summed E-state index contributed by atoms with van der Waals surface area (Å²) in [4.78, 5) is 16.3. The summed E-state index contributed by atoms with van der Waals surface area (Å²) >= 11 is 0. The Morgan fingerprint density at radius 3 is 2.58 bits per heavy atom. The molecule has 26 heavy (non-hydrogen) atoms. The highest BCUT2D eigenvalue weighted by atomic mass is 16.5. The van der Waals surface area contributed by atoms with Crippen LogP contribution in [0.4, 0.5) is 11.8 Å². The number of ether oxygens (including phenoxy) is 1. The highest BCUT2D eigenvalue weighted by Crippen LogP contribution is 2.17. The predicted octanol–water partition coefficient (Wildman–Crippen LogP) is -0.194. The largest absolute Gasteiger partial charge is 0.378 e. The van der Waals surface area contributed by atoms with Gasteiger partial charge < -0.3 is 14.5 Å². The van der Waals surface area contributed by atoms with E-state index in [9.17, 15) is 0 Å². The summed E-state index contributed by atoms with van der Waals surface area (Å²) in [5.41, 5.74) is 1.06. The second-order valence-electron chi connectivity index (χ2n) is 6.78. The second-order valence-corrected chi connectivity index (χ2v) is 6.78. The fourth-order valence-corrected chi connectivity index (χ4v) is 3.41. The minimum absolute atomic E-state index is 0.748. The molecular weight excluding hydrogens is 332 g/mol. The van der Waals surface area contributed by atoms with Crippen molar-refractivity contribution in [3.05, 3.63) is 24.2 Å². The molecular formula is C17H26N8O. The Bertz CT molecular complexity index is 706. The van der Waals surface area contributed by atoms with E-state index >= 15 is 0 Å². The number of piperazine rings is 1. The molecule has 4 rings (SSSR count). The number of morpholine rings is 1. The monoisotopic (exact) mass is 358 g/mol. The first-order valence-electron chi connectivity index (χ1n) is 9.26. The molecule has 0 saturated carbocycles. The molecule has 140 valence electrons. The van der Waals surface area contributed by atoms with Gasteiger partial charge in [-0.3, -0.25) is 9.58 Å². The van der Waals surface area contributed by atoms with Crippen LogP contribution in [0.2, 0.25) is 0 Å². The lowest BCUT2D eigenvalue weighted by Crippen LogP contribution is -2.47. The zero-order valence-electron chi connectivity index (χ0n) is 15.3. The van der Waals surface area contributed by atoms with Gasteiger partial charge in [-0.15, -0.1) is 5.10 Å². The van der Waals surface area contributed by atoms with Crippen LogP contribution in [0.1, 0.15) is 5.69 Å². The molecule has 0 aliphatic carbocycles. The van der Waals surface area contributed by atoms with Gasteiger partial charge >= 0.3 is 0 Å². The first-order chi connectivity index (χ1) is 12.8. The number of hydrogen-bond donors (Lipinski definition) is 0. The van der Waals surface area contributed by atoms with E-state index < -0.39 is 0 Å². The van der Waals surface area contributed by atoms with Crippen LogP contribution >= 0.6 is 0 Å². The first kappa shape index (κ1) is 17.2. The normalized spacial score (nSPS) is 19.1. The molecule has 0 N–H and O–H groups in total. The molecule has 4 heterocycles. The zero-order chi connectivity index (χ0) is 17.8. The minimum atomic E-state index is 0.748. The van der Waals surface area contributed by atoms with Crippen LogP contribution in [0.5, 0.6) is 0 Å². The van der Waals surface area contributed by atoms with Gasteiger partial charge in [-0.05, 0) is 6.07 Å². The Kier molecular flexibility index (Phi) is 5.26. The van der Waals surface area contributed by atoms with Crippen molar-refractivity contribution in [2.45, 2.75) is 6.42 Å². The van der Waals surface area contributed by atoms with Gasteiger partial charge in [-0.2, -0.15) is 4.98 Å². The third-order valence-electron chi connectivity index (χ3n) is 4.95. The van der Waals surface area contributed by atoms with Crippen LogP contribution in [-0.4, -0.2) is 88.9 Å². The van der Waals surface area contributed by atoms with Crippen molar-refractivity contribution >= 4 is 11.8 Å². The number of rotatable bonds is 5. The molecule has 0 spiro atoms. The molecule has 9 nitrogen and oxygen atoms in total.